The van der Waals surface area contributed by atoms with Crippen LogP contribution in [0.4, 0.5) is 5.00 Å². The van der Waals surface area contributed by atoms with E-state index < -0.39 is 27.7 Å². The zero-order valence-electron chi connectivity index (χ0n) is 10.2. The molecule has 1 fully saturated rings. The van der Waals surface area contributed by atoms with E-state index in [0.717, 1.165) is 22.4 Å². The molecule has 3 N–H and O–H groups in total. The van der Waals surface area contributed by atoms with Crippen molar-refractivity contribution in [3.63, 3.8) is 0 Å². The van der Waals surface area contributed by atoms with E-state index >= 15 is 0 Å². The highest BCUT2D eigenvalue weighted by atomic mass is 32.2. The lowest BCUT2D eigenvalue weighted by Crippen LogP contribution is -2.56. The van der Waals surface area contributed by atoms with Crippen LogP contribution in [0.15, 0.2) is 29.4 Å². The molecular formula is C10H7N5O4S2. The summed E-state index contributed by atoms with van der Waals surface area (Å²) in [7, 11) is -4.14. The van der Waals surface area contributed by atoms with Gasteiger partial charge in [0.25, 0.3) is 11.8 Å². The quantitative estimate of drug-likeness (QED) is 0.642. The molecule has 2 aromatic rings. The van der Waals surface area contributed by atoms with Crippen molar-refractivity contribution in [3.05, 3.63) is 24.3 Å². The first-order valence-electron chi connectivity index (χ1n) is 5.53. The molecule has 3 rings (SSSR count). The molecule has 108 valence electrons. The van der Waals surface area contributed by atoms with Crippen molar-refractivity contribution in [2.24, 2.45) is 5.10 Å². The Balaban J connectivity index is 1.89. The zero-order chi connectivity index (χ0) is 15.0. The summed E-state index contributed by atoms with van der Waals surface area (Å²) in [6, 6.07) is 7.23. The second kappa shape index (κ2) is 4.79. The van der Waals surface area contributed by atoms with Crippen molar-refractivity contribution >= 4 is 55.2 Å². The summed E-state index contributed by atoms with van der Waals surface area (Å²) in [5.74, 6) is -2.19. The summed E-state index contributed by atoms with van der Waals surface area (Å²) in [6.07, 6.45) is 0. The van der Waals surface area contributed by atoms with Gasteiger partial charge in [0.15, 0.2) is 0 Å². The van der Waals surface area contributed by atoms with Crippen molar-refractivity contribution in [2.45, 2.75) is 0 Å². The van der Waals surface area contributed by atoms with Gasteiger partial charge in [0.2, 0.25) is 5.71 Å². The minimum absolute atomic E-state index is 0.534. The number of carbonyl (C=O) groups excluding carboxylic acids is 2. The van der Waals surface area contributed by atoms with Crippen molar-refractivity contribution in [3.8, 4) is 0 Å². The van der Waals surface area contributed by atoms with Gasteiger partial charge in [-0.15, -0.1) is 0 Å². The summed E-state index contributed by atoms with van der Waals surface area (Å²) in [4.78, 5) is 23.0. The summed E-state index contributed by atoms with van der Waals surface area (Å²) < 4.78 is 29.6. The third-order valence-corrected chi connectivity index (χ3v) is 4.23. The third-order valence-electron chi connectivity index (χ3n) is 2.54. The molecule has 1 aromatic carbocycles. The highest BCUT2D eigenvalue weighted by molar-refractivity contribution is 7.89. The Morgan fingerprint density at radius 3 is 2.52 bits per heavy atom. The Bertz CT molecular complexity index is 860. The highest BCUT2D eigenvalue weighted by Gasteiger charge is 2.33. The molecule has 1 saturated heterocycles. The first-order chi connectivity index (χ1) is 9.96. The number of rotatable bonds is 2. The minimum atomic E-state index is -4.14. The van der Waals surface area contributed by atoms with Crippen LogP contribution >= 0.6 is 11.5 Å². The van der Waals surface area contributed by atoms with E-state index in [4.69, 9.17) is 0 Å². The molecule has 1 aliphatic rings. The van der Waals surface area contributed by atoms with Crippen LogP contribution in [0.2, 0.25) is 0 Å². The molecule has 0 atom stereocenters. The van der Waals surface area contributed by atoms with Crippen LogP contribution in [0.1, 0.15) is 0 Å². The molecule has 9 nitrogen and oxygen atoms in total. The maximum absolute atomic E-state index is 11.5. The van der Waals surface area contributed by atoms with E-state index in [1.54, 1.807) is 21.6 Å². The number of hydrogen-bond donors (Lipinski definition) is 3. The van der Waals surface area contributed by atoms with Gasteiger partial charge < -0.3 is 0 Å². The second-order valence-electron chi connectivity index (χ2n) is 3.97. The predicted octanol–water partition coefficient (Wildman–Crippen LogP) is -0.445. The standard InChI is InChI=1S/C10H7N5O4S2/c16-8-7(9(17)15-21(18,19)14-8)11-12-10-5-3-1-2-4-6(5)13-20-10/h1-4,12H,(H,14,16)(H,15,17). The Hall–Kier alpha value is -2.53. The predicted molar refractivity (Wildman–Crippen MR) is 75.9 cm³/mol. The molecular weight excluding hydrogens is 318 g/mol. The second-order valence-corrected chi connectivity index (χ2v) is 6.16. The van der Waals surface area contributed by atoms with Crippen molar-refractivity contribution in [1.82, 2.24) is 13.8 Å². The number of hydrogen-bond acceptors (Lipinski definition) is 8. The number of carbonyl (C=O) groups is 2. The summed E-state index contributed by atoms with van der Waals surface area (Å²) in [6.45, 7) is 0. The normalized spacial score (nSPS) is 17.2. The maximum Gasteiger partial charge on any atom is 0.326 e. The van der Waals surface area contributed by atoms with Gasteiger partial charge in [-0.3, -0.25) is 15.0 Å². The largest absolute Gasteiger partial charge is 0.326 e. The van der Waals surface area contributed by atoms with Gasteiger partial charge in [-0.1, -0.05) is 12.1 Å². The Kier molecular flexibility index (Phi) is 3.07. The van der Waals surface area contributed by atoms with Crippen LogP contribution < -0.4 is 14.9 Å². The summed E-state index contributed by atoms with van der Waals surface area (Å²) in [5, 5.41) is 4.96. The fourth-order valence-corrected chi connectivity index (χ4v) is 3.09. The van der Waals surface area contributed by atoms with E-state index in [-0.39, 0.29) is 0 Å². The lowest BCUT2D eigenvalue weighted by molar-refractivity contribution is -0.118. The van der Waals surface area contributed by atoms with E-state index in [9.17, 15) is 18.0 Å². The number of nitrogens with zero attached hydrogens (tertiary/aromatic N) is 2. The molecule has 1 aromatic heterocycles. The zero-order valence-corrected chi connectivity index (χ0v) is 11.8. The van der Waals surface area contributed by atoms with E-state index in [1.807, 2.05) is 12.1 Å². The number of nitrogens with one attached hydrogen (secondary N) is 3. The minimum Gasteiger partial charge on any atom is -0.266 e. The molecule has 0 aliphatic carbocycles. The van der Waals surface area contributed by atoms with Crippen molar-refractivity contribution in [2.75, 3.05) is 5.43 Å². The van der Waals surface area contributed by atoms with Crippen LogP contribution in [0.25, 0.3) is 10.9 Å². The van der Waals surface area contributed by atoms with Gasteiger partial charge in [0.05, 0.1) is 5.52 Å². The average Bonchev–Trinajstić information content (AvgIpc) is 2.80. The Labute approximate surface area is 122 Å². The molecule has 0 spiro atoms. The Morgan fingerprint density at radius 2 is 1.81 bits per heavy atom. The molecule has 1 aliphatic heterocycles. The van der Waals surface area contributed by atoms with E-state index in [2.05, 4.69) is 14.9 Å². The van der Waals surface area contributed by atoms with Crippen LogP contribution in [0, 0.1) is 0 Å². The number of hydrazone groups is 1. The molecule has 0 saturated carbocycles. The average molecular weight is 325 g/mol. The first-order valence-corrected chi connectivity index (χ1v) is 7.79. The van der Waals surface area contributed by atoms with Gasteiger partial charge >= 0.3 is 10.2 Å². The van der Waals surface area contributed by atoms with Gasteiger partial charge in [0, 0.05) is 5.39 Å². The molecule has 0 radical (unpaired) electrons. The number of anilines is 1. The van der Waals surface area contributed by atoms with Crippen molar-refractivity contribution in [1.29, 1.82) is 0 Å². The van der Waals surface area contributed by atoms with Crippen LogP contribution in [0.5, 0.6) is 0 Å². The molecule has 11 heteroatoms. The molecule has 0 bridgehead atoms. The number of fused-ring (bicyclic) bond motifs is 1. The molecule has 2 heterocycles. The number of amides is 2. The molecule has 21 heavy (non-hydrogen) atoms. The SMILES string of the molecule is O=C1NS(=O)(=O)NC(=O)C1=NNc1snc2ccccc12. The van der Waals surface area contributed by atoms with Crippen LogP contribution in [-0.2, 0) is 19.8 Å². The fraction of sp³-hybridized carbons (Fsp3) is 0. The van der Waals surface area contributed by atoms with Crippen molar-refractivity contribution < 1.29 is 18.0 Å². The highest BCUT2D eigenvalue weighted by Crippen LogP contribution is 2.27. The fourth-order valence-electron chi connectivity index (χ4n) is 1.65. The van der Waals surface area contributed by atoms with E-state index in [1.165, 1.54) is 0 Å². The molecule has 2 amide bonds. The van der Waals surface area contributed by atoms with E-state index in [0.29, 0.717) is 5.00 Å². The monoisotopic (exact) mass is 325 g/mol. The molecule has 0 unspecified atom stereocenters. The summed E-state index contributed by atoms with van der Waals surface area (Å²) in [5.41, 5.74) is 2.71. The Morgan fingerprint density at radius 1 is 1.14 bits per heavy atom. The lowest BCUT2D eigenvalue weighted by atomic mass is 10.2. The smallest absolute Gasteiger partial charge is 0.266 e. The lowest BCUT2D eigenvalue weighted by Gasteiger charge is -2.14. The van der Waals surface area contributed by atoms with Gasteiger partial charge in [0.1, 0.15) is 5.00 Å². The maximum atomic E-state index is 11.5. The topological polar surface area (TPSA) is 130 Å². The third kappa shape index (κ3) is 2.55. The first kappa shape index (κ1) is 13.5. The number of aromatic nitrogens is 1. The van der Waals surface area contributed by atoms with Crippen LogP contribution in [0.3, 0.4) is 0 Å². The van der Waals surface area contributed by atoms with Gasteiger partial charge in [-0.25, -0.2) is 9.44 Å². The van der Waals surface area contributed by atoms with Crippen LogP contribution in [-0.4, -0.2) is 30.3 Å². The summed E-state index contributed by atoms with van der Waals surface area (Å²) >= 11 is 1.10. The van der Waals surface area contributed by atoms with Gasteiger partial charge in [-0.2, -0.15) is 17.9 Å². The number of benzene rings is 1. The van der Waals surface area contributed by atoms with Gasteiger partial charge in [-0.05, 0) is 23.7 Å².